The molecule has 134 valence electrons. The van der Waals surface area contributed by atoms with Crippen molar-refractivity contribution in [1.29, 1.82) is 0 Å². The van der Waals surface area contributed by atoms with Crippen LogP contribution in [0.2, 0.25) is 0 Å². The average molecular weight is 353 g/mol. The molecule has 0 heterocycles. The van der Waals surface area contributed by atoms with E-state index >= 15 is 0 Å². The zero-order valence-corrected chi connectivity index (χ0v) is 14.5. The molecule has 0 aliphatic carbocycles. The predicted octanol–water partition coefficient (Wildman–Crippen LogP) is 2.43. The third kappa shape index (κ3) is 5.11. The van der Waals surface area contributed by atoms with E-state index in [1.807, 2.05) is 0 Å². The number of amides is 1. The van der Waals surface area contributed by atoms with Crippen LogP contribution in [0.25, 0.3) is 0 Å². The van der Waals surface area contributed by atoms with Gasteiger partial charge < -0.3 is 10.1 Å². The molecule has 6 nitrogen and oxygen atoms in total. The zero-order valence-electron chi connectivity index (χ0n) is 14.5. The van der Waals surface area contributed by atoms with Gasteiger partial charge in [-0.25, -0.2) is 4.79 Å². The van der Waals surface area contributed by atoms with Crippen LogP contribution in [0.4, 0.5) is 0 Å². The maximum atomic E-state index is 12.2. The first kappa shape index (κ1) is 19.1. The number of hydrogen-bond donors (Lipinski definition) is 1. The molecule has 0 bridgehead atoms. The standard InChI is InChI=1S/C20H19NO5/c1-13(2)21-17(22)12-26-20(25)16-10-8-15(9-11-16)19(24)18(23)14-6-4-3-5-7-14/h3-11,13H,12H2,1-2H3,(H,21,22). The minimum atomic E-state index is -0.683. The molecule has 6 heteroatoms. The lowest BCUT2D eigenvalue weighted by molar-refractivity contribution is -0.124. The van der Waals surface area contributed by atoms with Crippen molar-refractivity contribution in [2.24, 2.45) is 0 Å². The second-order valence-corrected chi connectivity index (χ2v) is 5.90. The summed E-state index contributed by atoms with van der Waals surface area (Å²) in [6, 6.07) is 13.7. The Balaban J connectivity index is 1.99. The molecule has 0 fully saturated rings. The number of Topliss-reactive ketones (excluding diaryl/α,β-unsaturated/α-hetero) is 2. The highest BCUT2D eigenvalue weighted by Gasteiger charge is 2.19. The third-order valence-corrected chi connectivity index (χ3v) is 3.41. The van der Waals surface area contributed by atoms with Gasteiger partial charge in [0.15, 0.2) is 6.61 Å². The molecule has 0 atom stereocenters. The molecule has 0 saturated carbocycles. The molecule has 0 aromatic heterocycles. The van der Waals surface area contributed by atoms with E-state index in [-0.39, 0.29) is 23.8 Å². The summed E-state index contributed by atoms with van der Waals surface area (Å²) in [5, 5.41) is 2.60. The zero-order chi connectivity index (χ0) is 19.1. The molecule has 2 rings (SSSR count). The lowest BCUT2D eigenvalue weighted by atomic mass is 10.0. The fourth-order valence-electron chi connectivity index (χ4n) is 2.19. The van der Waals surface area contributed by atoms with E-state index in [4.69, 9.17) is 4.74 Å². The van der Waals surface area contributed by atoms with Crippen molar-refractivity contribution < 1.29 is 23.9 Å². The van der Waals surface area contributed by atoms with Gasteiger partial charge in [0.05, 0.1) is 5.56 Å². The molecule has 0 unspecified atom stereocenters. The first-order valence-electron chi connectivity index (χ1n) is 8.09. The highest BCUT2D eigenvalue weighted by molar-refractivity contribution is 6.49. The molecule has 1 N–H and O–H groups in total. The Morgan fingerprint density at radius 3 is 1.85 bits per heavy atom. The Hall–Kier alpha value is -3.28. The van der Waals surface area contributed by atoms with Gasteiger partial charge in [-0.05, 0) is 26.0 Å². The summed E-state index contributed by atoms with van der Waals surface area (Å²) in [4.78, 5) is 47.8. The number of ketones is 2. The smallest absolute Gasteiger partial charge is 0.338 e. The van der Waals surface area contributed by atoms with Crippen LogP contribution < -0.4 is 5.32 Å². The van der Waals surface area contributed by atoms with Crippen LogP contribution in [-0.2, 0) is 9.53 Å². The summed E-state index contributed by atoms with van der Waals surface area (Å²) in [6.45, 7) is 3.21. The monoisotopic (exact) mass is 353 g/mol. The molecule has 1 amide bonds. The van der Waals surface area contributed by atoms with Crippen LogP contribution in [0.3, 0.4) is 0 Å². The number of hydrogen-bond acceptors (Lipinski definition) is 5. The molecule has 2 aromatic carbocycles. The molecule has 0 spiro atoms. The largest absolute Gasteiger partial charge is 0.452 e. The van der Waals surface area contributed by atoms with Gasteiger partial charge in [0.1, 0.15) is 0 Å². The van der Waals surface area contributed by atoms with E-state index in [1.54, 1.807) is 44.2 Å². The quantitative estimate of drug-likeness (QED) is 0.469. The summed E-state index contributed by atoms with van der Waals surface area (Å²) < 4.78 is 4.91. The van der Waals surface area contributed by atoms with Crippen LogP contribution in [0.5, 0.6) is 0 Å². The van der Waals surface area contributed by atoms with Crippen LogP contribution in [-0.4, -0.2) is 36.1 Å². The molecule has 2 aromatic rings. The fourth-order valence-corrected chi connectivity index (χ4v) is 2.19. The average Bonchev–Trinajstić information content (AvgIpc) is 2.65. The van der Waals surface area contributed by atoms with Gasteiger partial charge in [0.25, 0.3) is 5.91 Å². The highest BCUT2D eigenvalue weighted by Crippen LogP contribution is 2.10. The Labute approximate surface area is 151 Å². The van der Waals surface area contributed by atoms with Crippen molar-refractivity contribution >= 4 is 23.4 Å². The van der Waals surface area contributed by atoms with Crippen LogP contribution in [0.15, 0.2) is 54.6 Å². The predicted molar refractivity (Wildman–Crippen MR) is 95.1 cm³/mol. The lowest BCUT2D eigenvalue weighted by Crippen LogP contribution is -2.33. The van der Waals surface area contributed by atoms with Gasteiger partial charge in [0, 0.05) is 17.2 Å². The van der Waals surface area contributed by atoms with Gasteiger partial charge in [-0.1, -0.05) is 42.5 Å². The Morgan fingerprint density at radius 1 is 0.808 bits per heavy atom. The summed E-state index contributed by atoms with van der Waals surface area (Å²) in [6.07, 6.45) is 0. The van der Waals surface area contributed by atoms with Crippen molar-refractivity contribution in [1.82, 2.24) is 5.32 Å². The summed E-state index contributed by atoms with van der Waals surface area (Å²) >= 11 is 0. The first-order valence-corrected chi connectivity index (χ1v) is 8.09. The number of rotatable bonds is 7. The number of esters is 1. The summed E-state index contributed by atoms with van der Waals surface area (Å²) in [5.74, 6) is -2.36. The van der Waals surface area contributed by atoms with Crippen LogP contribution in [0, 0.1) is 0 Å². The van der Waals surface area contributed by atoms with Crippen molar-refractivity contribution in [2.45, 2.75) is 19.9 Å². The Bertz CT molecular complexity index is 810. The van der Waals surface area contributed by atoms with E-state index < -0.39 is 23.4 Å². The topological polar surface area (TPSA) is 89.5 Å². The van der Waals surface area contributed by atoms with Crippen LogP contribution in [0.1, 0.15) is 44.9 Å². The molecular weight excluding hydrogens is 334 g/mol. The summed E-state index contributed by atoms with van der Waals surface area (Å²) in [5.41, 5.74) is 0.663. The molecule has 26 heavy (non-hydrogen) atoms. The van der Waals surface area contributed by atoms with E-state index in [2.05, 4.69) is 5.32 Å². The van der Waals surface area contributed by atoms with Crippen LogP contribution >= 0.6 is 0 Å². The van der Waals surface area contributed by atoms with E-state index in [1.165, 1.54) is 24.3 Å². The van der Waals surface area contributed by atoms with Crippen molar-refractivity contribution in [3.8, 4) is 0 Å². The van der Waals surface area contributed by atoms with Crippen molar-refractivity contribution in [3.63, 3.8) is 0 Å². The molecule has 0 radical (unpaired) electrons. The lowest BCUT2D eigenvalue weighted by Gasteiger charge is -2.09. The molecular formula is C20H19NO5. The maximum absolute atomic E-state index is 12.2. The number of ether oxygens (including phenoxy) is 1. The number of nitrogens with one attached hydrogen (secondary N) is 1. The number of benzene rings is 2. The van der Waals surface area contributed by atoms with Crippen molar-refractivity contribution in [2.75, 3.05) is 6.61 Å². The van der Waals surface area contributed by atoms with Crippen molar-refractivity contribution in [3.05, 3.63) is 71.3 Å². The van der Waals surface area contributed by atoms with Gasteiger partial charge in [-0.3, -0.25) is 14.4 Å². The Kier molecular flexibility index (Phi) is 6.38. The van der Waals surface area contributed by atoms with Gasteiger partial charge in [-0.15, -0.1) is 0 Å². The van der Waals surface area contributed by atoms with E-state index in [0.717, 1.165) is 0 Å². The Morgan fingerprint density at radius 2 is 1.31 bits per heavy atom. The number of carbonyl (C=O) groups is 4. The van der Waals surface area contributed by atoms with E-state index in [9.17, 15) is 19.2 Å². The fraction of sp³-hybridized carbons (Fsp3) is 0.200. The molecule has 0 aliphatic heterocycles. The minimum absolute atomic E-state index is 0.0475. The third-order valence-electron chi connectivity index (χ3n) is 3.41. The normalized spacial score (nSPS) is 10.3. The van der Waals surface area contributed by atoms with Gasteiger partial charge in [0.2, 0.25) is 11.6 Å². The first-order chi connectivity index (χ1) is 12.4. The minimum Gasteiger partial charge on any atom is -0.452 e. The second kappa shape index (κ2) is 8.71. The number of carbonyl (C=O) groups excluding carboxylic acids is 4. The SMILES string of the molecule is CC(C)NC(=O)COC(=O)c1ccc(C(=O)C(=O)c2ccccc2)cc1. The van der Waals surface area contributed by atoms with Gasteiger partial charge >= 0.3 is 5.97 Å². The highest BCUT2D eigenvalue weighted by atomic mass is 16.5. The summed E-state index contributed by atoms with van der Waals surface area (Å²) in [7, 11) is 0. The molecule has 0 aliphatic rings. The van der Waals surface area contributed by atoms with Gasteiger partial charge in [-0.2, -0.15) is 0 Å². The maximum Gasteiger partial charge on any atom is 0.338 e. The second-order valence-electron chi connectivity index (χ2n) is 5.90. The molecule has 0 saturated heterocycles. The van der Waals surface area contributed by atoms with E-state index in [0.29, 0.717) is 5.56 Å².